The van der Waals surface area contributed by atoms with Crippen LogP contribution in [0.15, 0.2) is 53.0 Å². The first-order valence-corrected chi connectivity index (χ1v) is 8.43. The molecule has 3 nitrogen and oxygen atoms in total. The van der Waals surface area contributed by atoms with Crippen LogP contribution in [0.2, 0.25) is 0 Å². The lowest BCUT2D eigenvalue weighted by Gasteiger charge is -2.17. The largest absolute Gasteiger partial charge is 0.348 e. The third-order valence-electron chi connectivity index (χ3n) is 4.03. The van der Waals surface area contributed by atoms with Gasteiger partial charge in [0.2, 0.25) is 0 Å². The van der Waals surface area contributed by atoms with Gasteiger partial charge in [-0.05, 0) is 46.1 Å². The zero-order valence-corrected chi connectivity index (χ0v) is 14.2. The Hall–Kier alpha value is -1.72. The fourth-order valence-electron chi connectivity index (χ4n) is 2.87. The molecular formula is C18H18BrFN2O. The molecule has 120 valence electrons. The fourth-order valence-corrected chi connectivity index (χ4v) is 3.40. The zero-order chi connectivity index (χ0) is 16.2. The number of benzene rings is 2. The average molecular weight is 377 g/mol. The Labute approximate surface area is 143 Å². The number of rotatable bonds is 4. The van der Waals surface area contributed by atoms with Gasteiger partial charge < -0.3 is 5.32 Å². The van der Waals surface area contributed by atoms with Crippen LogP contribution in [0.5, 0.6) is 0 Å². The van der Waals surface area contributed by atoms with Crippen LogP contribution in [0.4, 0.5) is 4.39 Å². The summed E-state index contributed by atoms with van der Waals surface area (Å²) in [4.78, 5) is 14.6. The number of carbonyl (C=O) groups excluding carboxylic acids is 1. The molecule has 0 aromatic heterocycles. The molecule has 1 N–H and O–H groups in total. The summed E-state index contributed by atoms with van der Waals surface area (Å²) in [6.45, 7) is 2.69. The van der Waals surface area contributed by atoms with Crippen molar-refractivity contribution in [1.82, 2.24) is 10.2 Å². The van der Waals surface area contributed by atoms with Crippen molar-refractivity contribution in [2.75, 3.05) is 13.1 Å². The van der Waals surface area contributed by atoms with Gasteiger partial charge in [0.1, 0.15) is 5.82 Å². The highest BCUT2D eigenvalue weighted by molar-refractivity contribution is 9.10. The summed E-state index contributed by atoms with van der Waals surface area (Å²) in [5.74, 6) is -0.522. The van der Waals surface area contributed by atoms with Crippen LogP contribution in [0.3, 0.4) is 0 Å². The van der Waals surface area contributed by atoms with Gasteiger partial charge >= 0.3 is 0 Å². The summed E-state index contributed by atoms with van der Waals surface area (Å²) < 4.78 is 13.6. The molecule has 1 fully saturated rings. The maximum absolute atomic E-state index is 13.1. The Morgan fingerprint density at radius 2 is 2.04 bits per heavy atom. The van der Waals surface area contributed by atoms with E-state index in [9.17, 15) is 9.18 Å². The van der Waals surface area contributed by atoms with Crippen molar-refractivity contribution in [2.24, 2.45) is 0 Å². The summed E-state index contributed by atoms with van der Waals surface area (Å²) in [7, 11) is 0. The van der Waals surface area contributed by atoms with Gasteiger partial charge in [0.05, 0.1) is 5.56 Å². The van der Waals surface area contributed by atoms with Crippen molar-refractivity contribution in [3.63, 3.8) is 0 Å². The van der Waals surface area contributed by atoms with Gasteiger partial charge in [-0.3, -0.25) is 9.69 Å². The number of hydrogen-bond donors (Lipinski definition) is 1. The molecule has 0 spiro atoms. The molecule has 1 atom stereocenters. The summed E-state index contributed by atoms with van der Waals surface area (Å²) in [5.41, 5.74) is 1.74. The van der Waals surface area contributed by atoms with Crippen molar-refractivity contribution in [1.29, 1.82) is 0 Å². The van der Waals surface area contributed by atoms with Gasteiger partial charge in [-0.1, -0.05) is 30.3 Å². The molecule has 1 saturated heterocycles. The number of nitrogens with zero attached hydrogens (tertiary/aromatic N) is 1. The number of likely N-dealkylation sites (tertiary alicyclic amines) is 1. The minimum Gasteiger partial charge on any atom is -0.348 e. The number of hydrogen-bond acceptors (Lipinski definition) is 2. The number of nitrogens with one attached hydrogen (secondary N) is 1. The Kier molecular flexibility index (Phi) is 5.08. The number of carbonyl (C=O) groups is 1. The highest BCUT2D eigenvalue weighted by Crippen LogP contribution is 2.19. The molecule has 1 unspecified atom stereocenters. The highest BCUT2D eigenvalue weighted by Gasteiger charge is 2.24. The topological polar surface area (TPSA) is 32.3 Å². The third kappa shape index (κ3) is 4.18. The Bertz CT molecular complexity index is 693. The average Bonchev–Trinajstić information content (AvgIpc) is 2.95. The van der Waals surface area contributed by atoms with Crippen molar-refractivity contribution < 1.29 is 9.18 Å². The molecule has 0 bridgehead atoms. The van der Waals surface area contributed by atoms with Crippen LogP contribution >= 0.6 is 15.9 Å². The first-order valence-electron chi connectivity index (χ1n) is 7.64. The molecule has 0 aliphatic carbocycles. The molecule has 0 saturated carbocycles. The molecule has 2 aromatic rings. The van der Waals surface area contributed by atoms with Crippen LogP contribution in [0, 0.1) is 5.82 Å². The van der Waals surface area contributed by atoms with E-state index >= 15 is 0 Å². The second kappa shape index (κ2) is 7.23. The minimum absolute atomic E-state index is 0.128. The van der Waals surface area contributed by atoms with Crippen LogP contribution in [-0.2, 0) is 6.54 Å². The smallest absolute Gasteiger partial charge is 0.252 e. The second-order valence-electron chi connectivity index (χ2n) is 5.80. The van der Waals surface area contributed by atoms with E-state index in [0.717, 1.165) is 26.1 Å². The number of amides is 1. The van der Waals surface area contributed by atoms with E-state index in [1.807, 2.05) is 18.2 Å². The SMILES string of the molecule is O=C(NC1CCN(Cc2ccccc2)C1)c1ccc(F)cc1Br. The molecule has 1 aliphatic rings. The lowest BCUT2D eigenvalue weighted by atomic mass is 10.2. The fraction of sp³-hybridized carbons (Fsp3) is 0.278. The highest BCUT2D eigenvalue weighted by atomic mass is 79.9. The van der Waals surface area contributed by atoms with E-state index in [0.29, 0.717) is 10.0 Å². The third-order valence-corrected chi connectivity index (χ3v) is 4.69. The van der Waals surface area contributed by atoms with Crippen LogP contribution in [0.1, 0.15) is 22.3 Å². The van der Waals surface area contributed by atoms with E-state index in [-0.39, 0.29) is 17.8 Å². The standard InChI is InChI=1S/C18H18BrFN2O/c19-17-10-14(20)6-7-16(17)18(23)21-15-8-9-22(12-15)11-13-4-2-1-3-5-13/h1-7,10,15H,8-9,11-12H2,(H,21,23). The lowest BCUT2D eigenvalue weighted by Crippen LogP contribution is -2.37. The molecule has 1 amide bonds. The van der Waals surface area contributed by atoms with Gasteiger partial charge in [0.15, 0.2) is 0 Å². The van der Waals surface area contributed by atoms with E-state index in [2.05, 4.69) is 38.3 Å². The van der Waals surface area contributed by atoms with Crippen molar-refractivity contribution >= 4 is 21.8 Å². The van der Waals surface area contributed by atoms with Crippen molar-refractivity contribution in [3.8, 4) is 0 Å². The van der Waals surface area contributed by atoms with E-state index in [4.69, 9.17) is 0 Å². The molecule has 1 heterocycles. The Balaban J connectivity index is 1.56. The molecule has 23 heavy (non-hydrogen) atoms. The van der Waals surface area contributed by atoms with Gasteiger partial charge in [-0.2, -0.15) is 0 Å². The van der Waals surface area contributed by atoms with Crippen LogP contribution in [0.25, 0.3) is 0 Å². The van der Waals surface area contributed by atoms with Gasteiger partial charge in [-0.25, -0.2) is 4.39 Å². The maximum atomic E-state index is 13.1. The molecule has 0 radical (unpaired) electrons. The van der Waals surface area contributed by atoms with E-state index < -0.39 is 0 Å². The molecular weight excluding hydrogens is 359 g/mol. The van der Waals surface area contributed by atoms with E-state index in [1.165, 1.54) is 23.8 Å². The Morgan fingerprint density at radius 3 is 2.78 bits per heavy atom. The minimum atomic E-state index is -0.358. The molecule has 5 heteroatoms. The molecule has 3 rings (SSSR count). The quantitative estimate of drug-likeness (QED) is 0.883. The normalized spacial score (nSPS) is 18.1. The lowest BCUT2D eigenvalue weighted by molar-refractivity contribution is 0.0937. The van der Waals surface area contributed by atoms with Gasteiger partial charge in [0.25, 0.3) is 5.91 Å². The predicted octanol–water partition coefficient (Wildman–Crippen LogP) is 3.59. The molecule has 1 aliphatic heterocycles. The molecule has 2 aromatic carbocycles. The predicted molar refractivity (Wildman–Crippen MR) is 91.7 cm³/mol. The van der Waals surface area contributed by atoms with Gasteiger partial charge in [-0.15, -0.1) is 0 Å². The monoisotopic (exact) mass is 376 g/mol. The van der Waals surface area contributed by atoms with Gasteiger partial charge in [0, 0.05) is 30.1 Å². The van der Waals surface area contributed by atoms with Crippen LogP contribution < -0.4 is 5.32 Å². The summed E-state index contributed by atoms with van der Waals surface area (Å²) >= 11 is 3.24. The summed E-state index contributed by atoms with van der Waals surface area (Å²) in [6, 6.07) is 14.6. The summed E-state index contributed by atoms with van der Waals surface area (Å²) in [5, 5.41) is 3.04. The Morgan fingerprint density at radius 1 is 1.26 bits per heavy atom. The second-order valence-corrected chi connectivity index (χ2v) is 6.66. The summed E-state index contributed by atoms with van der Waals surface area (Å²) in [6.07, 6.45) is 0.928. The first kappa shape index (κ1) is 16.1. The van der Waals surface area contributed by atoms with Crippen molar-refractivity contribution in [2.45, 2.75) is 19.0 Å². The zero-order valence-electron chi connectivity index (χ0n) is 12.6. The van der Waals surface area contributed by atoms with Crippen molar-refractivity contribution in [3.05, 3.63) is 69.9 Å². The van der Waals surface area contributed by atoms with E-state index in [1.54, 1.807) is 0 Å². The number of halogens is 2. The van der Waals surface area contributed by atoms with Crippen LogP contribution in [-0.4, -0.2) is 29.9 Å². The first-order chi connectivity index (χ1) is 11.1. The maximum Gasteiger partial charge on any atom is 0.252 e.